The highest BCUT2D eigenvalue weighted by Gasteiger charge is 2.20. The Balaban J connectivity index is 2.10. The second kappa shape index (κ2) is 6.04. The SMILES string of the molecule is CCN(C(=O)c1cnc2ccc(C)cn2c1=O)c1ccccc1. The Morgan fingerprint density at radius 2 is 1.91 bits per heavy atom. The van der Waals surface area contributed by atoms with Crippen LogP contribution in [0, 0.1) is 6.92 Å². The lowest BCUT2D eigenvalue weighted by Crippen LogP contribution is -2.36. The van der Waals surface area contributed by atoms with E-state index in [-0.39, 0.29) is 17.0 Å². The quantitative estimate of drug-likeness (QED) is 0.747. The summed E-state index contributed by atoms with van der Waals surface area (Å²) in [5, 5.41) is 0. The molecule has 0 unspecified atom stereocenters. The summed E-state index contributed by atoms with van der Waals surface area (Å²) in [6.45, 7) is 4.24. The van der Waals surface area contributed by atoms with E-state index in [9.17, 15) is 9.59 Å². The first kappa shape index (κ1) is 15.0. The van der Waals surface area contributed by atoms with Gasteiger partial charge in [-0.05, 0) is 37.6 Å². The summed E-state index contributed by atoms with van der Waals surface area (Å²) in [6, 6.07) is 12.9. The molecule has 0 aliphatic rings. The number of amides is 1. The number of aromatic nitrogens is 2. The Bertz CT molecular complexity index is 916. The highest BCUT2D eigenvalue weighted by molar-refractivity contribution is 6.05. The molecule has 0 radical (unpaired) electrons. The van der Waals surface area contributed by atoms with Crippen molar-refractivity contribution in [3.63, 3.8) is 0 Å². The molecule has 2 heterocycles. The van der Waals surface area contributed by atoms with Crippen LogP contribution in [0.4, 0.5) is 5.69 Å². The standard InChI is InChI=1S/C18H17N3O2/c1-3-20(14-7-5-4-6-8-14)17(22)15-11-19-16-10-9-13(2)12-21(16)18(15)23/h4-12H,3H2,1-2H3. The number of nitrogens with zero attached hydrogens (tertiary/aromatic N) is 3. The average Bonchev–Trinajstić information content (AvgIpc) is 2.57. The molecule has 0 spiro atoms. The summed E-state index contributed by atoms with van der Waals surface area (Å²) in [5.74, 6) is -0.341. The van der Waals surface area contributed by atoms with Crippen LogP contribution in [0.3, 0.4) is 0 Å². The molecular weight excluding hydrogens is 290 g/mol. The van der Waals surface area contributed by atoms with Crippen molar-refractivity contribution in [2.24, 2.45) is 0 Å². The highest BCUT2D eigenvalue weighted by Crippen LogP contribution is 2.15. The van der Waals surface area contributed by atoms with Crippen molar-refractivity contribution in [1.82, 2.24) is 9.38 Å². The molecule has 3 rings (SSSR count). The molecule has 23 heavy (non-hydrogen) atoms. The van der Waals surface area contributed by atoms with Crippen molar-refractivity contribution in [3.05, 3.63) is 76.3 Å². The number of rotatable bonds is 3. The largest absolute Gasteiger partial charge is 0.308 e. The highest BCUT2D eigenvalue weighted by atomic mass is 16.2. The van der Waals surface area contributed by atoms with Crippen molar-refractivity contribution in [2.45, 2.75) is 13.8 Å². The molecule has 5 nitrogen and oxygen atoms in total. The van der Waals surface area contributed by atoms with Gasteiger partial charge in [0.15, 0.2) is 0 Å². The van der Waals surface area contributed by atoms with Gasteiger partial charge < -0.3 is 4.90 Å². The van der Waals surface area contributed by atoms with Crippen LogP contribution in [0.15, 0.2) is 59.7 Å². The van der Waals surface area contributed by atoms with E-state index >= 15 is 0 Å². The number of aryl methyl sites for hydroxylation is 1. The monoisotopic (exact) mass is 307 g/mol. The van der Waals surface area contributed by atoms with Gasteiger partial charge in [-0.1, -0.05) is 24.3 Å². The maximum atomic E-state index is 12.8. The average molecular weight is 307 g/mol. The Morgan fingerprint density at radius 3 is 2.61 bits per heavy atom. The van der Waals surface area contributed by atoms with Gasteiger partial charge in [0.2, 0.25) is 0 Å². The van der Waals surface area contributed by atoms with E-state index in [4.69, 9.17) is 0 Å². The smallest absolute Gasteiger partial charge is 0.270 e. The van der Waals surface area contributed by atoms with Gasteiger partial charge in [0.1, 0.15) is 11.2 Å². The van der Waals surface area contributed by atoms with Crippen LogP contribution in [0.25, 0.3) is 5.65 Å². The van der Waals surface area contributed by atoms with Crippen molar-refractivity contribution >= 4 is 17.2 Å². The maximum absolute atomic E-state index is 12.8. The fraction of sp³-hybridized carbons (Fsp3) is 0.167. The van der Waals surface area contributed by atoms with Crippen LogP contribution in [0.5, 0.6) is 0 Å². The number of carbonyl (C=O) groups is 1. The Labute approximate surface area is 133 Å². The van der Waals surface area contributed by atoms with E-state index < -0.39 is 0 Å². The number of hydrogen-bond donors (Lipinski definition) is 0. The first-order chi connectivity index (χ1) is 11.1. The predicted octanol–water partition coefficient (Wildman–Crippen LogP) is 2.67. The molecular formula is C18H17N3O2. The van der Waals surface area contributed by atoms with E-state index in [1.807, 2.05) is 50.2 Å². The molecule has 0 atom stereocenters. The maximum Gasteiger partial charge on any atom is 0.270 e. The Morgan fingerprint density at radius 1 is 1.17 bits per heavy atom. The fourth-order valence-corrected chi connectivity index (χ4v) is 2.53. The minimum Gasteiger partial charge on any atom is -0.308 e. The van der Waals surface area contributed by atoms with Gasteiger partial charge in [-0.2, -0.15) is 0 Å². The lowest BCUT2D eigenvalue weighted by molar-refractivity contribution is 0.0986. The zero-order chi connectivity index (χ0) is 16.4. The minimum atomic E-state index is -0.349. The van der Waals surface area contributed by atoms with Crippen LogP contribution in [0.1, 0.15) is 22.8 Å². The van der Waals surface area contributed by atoms with Crippen molar-refractivity contribution in [1.29, 1.82) is 0 Å². The lowest BCUT2D eigenvalue weighted by Gasteiger charge is -2.20. The molecule has 116 valence electrons. The number of benzene rings is 1. The zero-order valence-electron chi connectivity index (χ0n) is 13.1. The number of pyridine rings is 1. The molecule has 0 saturated carbocycles. The first-order valence-electron chi connectivity index (χ1n) is 7.46. The molecule has 1 aromatic carbocycles. The summed E-state index contributed by atoms with van der Waals surface area (Å²) in [4.78, 5) is 31.2. The fourth-order valence-electron chi connectivity index (χ4n) is 2.53. The van der Waals surface area contributed by atoms with Gasteiger partial charge >= 0.3 is 0 Å². The number of hydrogen-bond acceptors (Lipinski definition) is 3. The van der Waals surface area contributed by atoms with E-state index in [0.717, 1.165) is 11.3 Å². The summed E-state index contributed by atoms with van der Waals surface area (Å²) < 4.78 is 1.42. The minimum absolute atomic E-state index is 0.0683. The summed E-state index contributed by atoms with van der Waals surface area (Å²) in [7, 11) is 0. The van der Waals surface area contributed by atoms with Gasteiger partial charge in [0.25, 0.3) is 11.5 Å². The van der Waals surface area contributed by atoms with Crippen LogP contribution in [0.2, 0.25) is 0 Å². The molecule has 5 heteroatoms. The summed E-state index contributed by atoms with van der Waals surface area (Å²) >= 11 is 0. The predicted molar refractivity (Wildman–Crippen MR) is 90.0 cm³/mol. The number of para-hydroxylation sites is 1. The zero-order valence-corrected chi connectivity index (χ0v) is 13.1. The second-order valence-electron chi connectivity index (χ2n) is 5.30. The van der Waals surface area contributed by atoms with Crippen LogP contribution >= 0.6 is 0 Å². The van der Waals surface area contributed by atoms with Crippen LogP contribution in [-0.4, -0.2) is 21.8 Å². The van der Waals surface area contributed by atoms with Gasteiger partial charge in [0.05, 0.1) is 0 Å². The van der Waals surface area contributed by atoms with E-state index in [0.29, 0.717) is 12.2 Å². The Kier molecular flexibility index (Phi) is 3.93. The number of carbonyl (C=O) groups excluding carboxylic acids is 1. The number of fused-ring (bicyclic) bond motifs is 1. The molecule has 2 aromatic heterocycles. The van der Waals surface area contributed by atoms with Gasteiger partial charge in [-0.25, -0.2) is 4.98 Å². The normalized spacial score (nSPS) is 10.7. The van der Waals surface area contributed by atoms with Crippen molar-refractivity contribution in [3.8, 4) is 0 Å². The van der Waals surface area contributed by atoms with Crippen LogP contribution in [-0.2, 0) is 0 Å². The van der Waals surface area contributed by atoms with Gasteiger partial charge in [-0.15, -0.1) is 0 Å². The van der Waals surface area contributed by atoms with Crippen molar-refractivity contribution < 1.29 is 4.79 Å². The molecule has 0 aliphatic heterocycles. The molecule has 0 bridgehead atoms. The molecule has 0 saturated heterocycles. The Hall–Kier alpha value is -2.95. The molecule has 0 fully saturated rings. The second-order valence-corrected chi connectivity index (χ2v) is 5.30. The molecule has 0 N–H and O–H groups in total. The number of anilines is 1. The van der Waals surface area contributed by atoms with E-state index in [1.165, 1.54) is 10.6 Å². The van der Waals surface area contributed by atoms with E-state index in [1.54, 1.807) is 17.2 Å². The van der Waals surface area contributed by atoms with Gasteiger partial charge in [0, 0.05) is 24.6 Å². The first-order valence-corrected chi connectivity index (χ1v) is 7.46. The lowest BCUT2D eigenvalue weighted by atomic mass is 10.2. The van der Waals surface area contributed by atoms with Gasteiger partial charge in [-0.3, -0.25) is 14.0 Å². The third-order valence-electron chi connectivity index (χ3n) is 3.71. The van der Waals surface area contributed by atoms with E-state index in [2.05, 4.69) is 4.98 Å². The molecule has 1 amide bonds. The third kappa shape index (κ3) is 2.73. The topological polar surface area (TPSA) is 54.7 Å². The summed E-state index contributed by atoms with van der Waals surface area (Å²) in [6.07, 6.45) is 3.06. The van der Waals surface area contributed by atoms with Crippen molar-refractivity contribution in [2.75, 3.05) is 11.4 Å². The third-order valence-corrected chi connectivity index (χ3v) is 3.71. The molecule has 3 aromatic rings. The molecule has 0 aliphatic carbocycles. The van der Waals surface area contributed by atoms with Crippen LogP contribution < -0.4 is 10.5 Å². The summed E-state index contributed by atoms with van der Waals surface area (Å²) in [5.41, 5.74) is 1.94.